The number of hydrogen-bond acceptors (Lipinski definition) is 3. The SMILES string of the molecule is CCCC(C)(N)C(=O)Nc1cc(F)ccc1O.Cl. The van der Waals surface area contributed by atoms with Crippen LogP contribution in [0.3, 0.4) is 0 Å². The maximum atomic E-state index is 12.9. The van der Waals surface area contributed by atoms with Gasteiger partial charge in [0, 0.05) is 6.07 Å². The van der Waals surface area contributed by atoms with E-state index in [4.69, 9.17) is 5.73 Å². The van der Waals surface area contributed by atoms with Crippen molar-refractivity contribution in [1.82, 2.24) is 0 Å². The first kappa shape index (κ1) is 16.7. The molecular formula is C12H18ClFN2O2. The zero-order chi connectivity index (χ0) is 13.1. The third-order valence-corrected chi connectivity index (χ3v) is 2.49. The minimum absolute atomic E-state index is 0. The van der Waals surface area contributed by atoms with Crippen molar-refractivity contribution in [3.63, 3.8) is 0 Å². The quantitative estimate of drug-likeness (QED) is 0.739. The van der Waals surface area contributed by atoms with Gasteiger partial charge in [-0.15, -0.1) is 12.4 Å². The highest BCUT2D eigenvalue weighted by Crippen LogP contribution is 2.24. The van der Waals surface area contributed by atoms with Gasteiger partial charge in [-0.3, -0.25) is 4.79 Å². The Hall–Kier alpha value is -1.33. The summed E-state index contributed by atoms with van der Waals surface area (Å²) >= 11 is 0. The highest BCUT2D eigenvalue weighted by atomic mass is 35.5. The number of hydrogen-bond donors (Lipinski definition) is 3. The molecule has 0 bridgehead atoms. The average Bonchev–Trinajstić information content (AvgIpc) is 2.23. The Morgan fingerprint density at radius 2 is 2.17 bits per heavy atom. The summed E-state index contributed by atoms with van der Waals surface area (Å²) in [6, 6.07) is 3.34. The number of anilines is 1. The third-order valence-electron chi connectivity index (χ3n) is 2.49. The van der Waals surface area contributed by atoms with Crippen molar-refractivity contribution in [1.29, 1.82) is 0 Å². The molecule has 0 radical (unpaired) electrons. The number of nitrogens with one attached hydrogen (secondary N) is 1. The summed E-state index contributed by atoms with van der Waals surface area (Å²) in [6.45, 7) is 3.51. The standard InChI is InChI=1S/C12H17FN2O2.ClH/c1-3-6-12(2,14)11(17)15-9-7-8(13)4-5-10(9)16;/h4-5,7,16H,3,6,14H2,1-2H3,(H,15,17);1H. The van der Waals surface area contributed by atoms with Crippen molar-refractivity contribution in [3.8, 4) is 5.75 Å². The minimum atomic E-state index is -1.03. The highest BCUT2D eigenvalue weighted by Gasteiger charge is 2.27. The first-order chi connectivity index (χ1) is 7.86. The molecule has 0 aliphatic heterocycles. The Balaban J connectivity index is 0.00000289. The molecule has 4 nitrogen and oxygen atoms in total. The number of rotatable bonds is 4. The molecule has 4 N–H and O–H groups in total. The summed E-state index contributed by atoms with van der Waals surface area (Å²) in [5, 5.41) is 11.9. The molecule has 1 aromatic carbocycles. The maximum Gasteiger partial charge on any atom is 0.244 e. The zero-order valence-corrected chi connectivity index (χ0v) is 11.2. The molecule has 0 fully saturated rings. The van der Waals surface area contributed by atoms with Crippen LogP contribution in [0.4, 0.5) is 10.1 Å². The van der Waals surface area contributed by atoms with Crippen LogP contribution in [0.15, 0.2) is 18.2 Å². The van der Waals surface area contributed by atoms with Gasteiger partial charge in [0.15, 0.2) is 0 Å². The molecule has 6 heteroatoms. The van der Waals surface area contributed by atoms with Crippen LogP contribution in [0.1, 0.15) is 26.7 Å². The third kappa shape index (κ3) is 4.16. The van der Waals surface area contributed by atoms with E-state index in [2.05, 4.69) is 5.32 Å². The van der Waals surface area contributed by atoms with Crippen molar-refractivity contribution in [3.05, 3.63) is 24.0 Å². The van der Waals surface area contributed by atoms with Crippen LogP contribution < -0.4 is 11.1 Å². The fourth-order valence-electron chi connectivity index (χ4n) is 1.51. The smallest absolute Gasteiger partial charge is 0.244 e. The Morgan fingerprint density at radius 3 is 2.72 bits per heavy atom. The van der Waals surface area contributed by atoms with E-state index in [0.717, 1.165) is 18.6 Å². The molecule has 0 heterocycles. The molecule has 1 atom stereocenters. The normalized spacial score (nSPS) is 13.3. The molecule has 1 unspecified atom stereocenters. The number of aromatic hydroxyl groups is 1. The van der Waals surface area contributed by atoms with Gasteiger partial charge in [0.05, 0.1) is 11.2 Å². The van der Waals surface area contributed by atoms with Gasteiger partial charge in [0.1, 0.15) is 11.6 Å². The van der Waals surface area contributed by atoms with E-state index < -0.39 is 17.3 Å². The minimum Gasteiger partial charge on any atom is -0.506 e. The topological polar surface area (TPSA) is 75.4 Å². The van der Waals surface area contributed by atoms with E-state index in [-0.39, 0.29) is 23.8 Å². The van der Waals surface area contributed by atoms with Crippen LogP contribution in [0.25, 0.3) is 0 Å². The Labute approximate surface area is 112 Å². The number of nitrogens with two attached hydrogens (primary N) is 1. The summed E-state index contributed by atoms with van der Waals surface area (Å²) in [6.07, 6.45) is 1.27. The van der Waals surface area contributed by atoms with Crippen LogP contribution in [0.5, 0.6) is 5.75 Å². The number of carbonyl (C=O) groups is 1. The van der Waals surface area contributed by atoms with Gasteiger partial charge in [-0.2, -0.15) is 0 Å². The number of halogens is 2. The fraction of sp³-hybridized carbons (Fsp3) is 0.417. The average molecular weight is 277 g/mol. The first-order valence-corrected chi connectivity index (χ1v) is 5.45. The Morgan fingerprint density at radius 1 is 1.56 bits per heavy atom. The van der Waals surface area contributed by atoms with Crippen LogP contribution in [0, 0.1) is 5.82 Å². The molecule has 1 aromatic rings. The van der Waals surface area contributed by atoms with Gasteiger partial charge >= 0.3 is 0 Å². The molecule has 0 aromatic heterocycles. The van der Waals surface area contributed by atoms with Crippen LogP contribution in [-0.4, -0.2) is 16.6 Å². The monoisotopic (exact) mass is 276 g/mol. The molecule has 0 aliphatic carbocycles. The summed E-state index contributed by atoms with van der Waals surface area (Å²) in [5.41, 5.74) is 4.82. The lowest BCUT2D eigenvalue weighted by molar-refractivity contribution is -0.120. The van der Waals surface area contributed by atoms with Crippen LogP contribution >= 0.6 is 12.4 Å². The van der Waals surface area contributed by atoms with Crippen LogP contribution in [-0.2, 0) is 4.79 Å². The second-order valence-electron chi connectivity index (χ2n) is 4.28. The number of phenols is 1. The summed E-state index contributed by atoms with van der Waals surface area (Å²) in [7, 11) is 0. The summed E-state index contributed by atoms with van der Waals surface area (Å²) < 4.78 is 12.9. The summed E-state index contributed by atoms with van der Waals surface area (Å²) in [5.74, 6) is -1.17. The fourth-order valence-corrected chi connectivity index (χ4v) is 1.51. The second-order valence-corrected chi connectivity index (χ2v) is 4.28. The van der Waals surface area contributed by atoms with Crippen molar-refractivity contribution in [2.45, 2.75) is 32.2 Å². The Kier molecular flexibility index (Phi) is 6.08. The zero-order valence-electron chi connectivity index (χ0n) is 10.4. The van der Waals surface area contributed by atoms with Gasteiger partial charge in [-0.1, -0.05) is 13.3 Å². The maximum absolute atomic E-state index is 12.9. The van der Waals surface area contributed by atoms with E-state index in [0.29, 0.717) is 6.42 Å². The number of carbonyl (C=O) groups excluding carboxylic acids is 1. The van der Waals surface area contributed by atoms with E-state index in [1.54, 1.807) is 6.92 Å². The molecule has 0 saturated heterocycles. The predicted molar refractivity (Wildman–Crippen MR) is 71.4 cm³/mol. The van der Waals surface area contributed by atoms with Crippen molar-refractivity contribution in [2.24, 2.45) is 5.73 Å². The molecule has 0 spiro atoms. The van der Waals surface area contributed by atoms with Crippen molar-refractivity contribution >= 4 is 24.0 Å². The lowest BCUT2D eigenvalue weighted by atomic mass is 9.96. The van der Waals surface area contributed by atoms with E-state index in [1.807, 2.05) is 6.92 Å². The number of phenolic OH excluding ortho intramolecular Hbond substituents is 1. The van der Waals surface area contributed by atoms with Gasteiger partial charge in [0.2, 0.25) is 5.91 Å². The van der Waals surface area contributed by atoms with Gasteiger partial charge in [0.25, 0.3) is 0 Å². The highest BCUT2D eigenvalue weighted by molar-refractivity contribution is 5.98. The molecule has 0 saturated carbocycles. The molecule has 1 rings (SSSR count). The second kappa shape index (κ2) is 6.56. The lowest BCUT2D eigenvalue weighted by Gasteiger charge is -2.23. The lowest BCUT2D eigenvalue weighted by Crippen LogP contribution is -2.48. The first-order valence-electron chi connectivity index (χ1n) is 5.45. The number of amides is 1. The largest absolute Gasteiger partial charge is 0.506 e. The van der Waals surface area contributed by atoms with E-state index in [1.165, 1.54) is 6.07 Å². The van der Waals surface area contributed by atoms with E-state index >= 15 is 0 Å². The van der Waals surface area contributed by atoms with Crippen molar-refractivity contribution < 1.29 is 14.3 Å². The molecule has 1 amide bonds. The van der Waals surface area contributed by atoms with E-state index in [9.17, 15) is 14.3 Å². The number of benzene rings is 1. The van der Waals surface area contributed by atoms with Gasteiger partial charge in [-0.25, -0.2) is 4.39 Å². The van der Waals surface area contributed by atoms with Crippen molar-refractivity contribution in [2.75, 3.05) is 5.32 Å². The molecular weight excluding hydrogens is 259 g/mol. The van der Waals surface area contributed by atoms with Gasteiger partial charge in [-0.05, 0) is 25.5 Å². The van der Waals surface area contributed by atoms with Crippen LogP contribution in [0.2, 0.25) is 0 Å². The van der Waals surface area contributed by atoms with Gasteiger partial charge < -0.3 is 16.2 Å². The molecule has 18 heavy (non-hydrogen) atoms. The molecule has 0 aliphatic rings. The molecule has 102 valence electrons. The predicted octanol–water partition coefficient (Wildman–Crippen LogP) is 2.41. The Bertz CT molecular complexity index is 425. The summed E-state index contributed by atoms with van der Waals surface area (Å²) in [4.78, 5) is 11.8.